The van der Waals surface area contributed by atoms with Crippen molar-refractivity contribution < 1.29 is 0 Å². The van der Waals surface area contributed by atoms with Gasteiger partial charge >= 0.3 is 0 Å². The zero-order chi connectivity index (χ0) is 17.2. The molecule has 0 amide bonds. The van der Waals surface area contributed by atoms with Crippen LogP contribution in [0.1, 0.15) is 23.5 Å². The molecule has 7 nitrogen and oxygen atoms in total. The first-order valence-corrected chi connectivity index (χ1v) is 9.28. The molecule has 8 heteroatoms. The highest BCUT2D eigenvalue weighted by atomic mass is 32.1. The lowest BCUT2D eigenvalue weighted by atomic mass is 10.1. The maximum absolute atomic E-state index is 5.63. The van der Waals surface area contributed by atoms with Crippen molar-refractivity contribution in [3.8, 4) is 0 Å². The molecule has 1 aromatic carbocycles. The molecule has 25 heavy (non-hydrogen) atoms. The lowest BCUT2D eigenvalue weighted by Gasteiger charge is -2.38. The largest absolute Gasteiger partial charge is 0.344 e. The van der Waals surface area contributed by atoms with Crippen LogP contribution in [-0.4, -0.2) is 51.2 Å². The summed E-state index contributed by atoms with van der Waals surface area (Å²) in [6.07, 6.45) is 3.47. The maximum Gasteiger partial charge on any atom is 0.208 e. The number of benzene rings is 1. The SMILES string of the molecule is CC(c1ccc2nccnc2c1)N1CCN(c2nnc(CN)s2)CC1. The first-order chi connectivity index (χ1) is 12.2. The van der Waals surface area contributed by atoms with Crippen molar-refractivity contribution in [2.24, 2.45) is 5.73 Å². The molecule has 1 fully saturated rings. The zero-order valence-electron chi connectivity index (χ0n) is 14.2. The van der Waals surface area contributed by atoms with E-state index in [0.717, 1.165) is 47.4 Å². The first kappa shape index (κ1) is 16.3. The molecule has 3 aromatic rings. The molecule has 1 aliphatic heterocycles. The Kier molecular flexibility index (Phi) is 4.56. The Labute approximate surface area is 150 Å². The van der Waals surface area contributed by atoms with Crippen LogP contribution < -0.4 is 10.6 Å². The number of hydrogen-bond donors (Lipinski definition) is 1. The molecular weight excluding hydrogens is 334 g/mol. The predicted molar refractivity (Wildman–Crippen MR) is 99.5 cm³/mol. The molecule has 2 aromatic heterocycles. The van der Waals surface area contributed by atoms with Crippen molar-refractivity contribution in [3.63, 3.8) is 0 Å². The highest BCUT2D eigenvalue weighted by molar-refractivity contribution is 7.15. The number of rotatable bonds is 4. The van der Waals surface area contributed by atoms with Crippen LogP contribution in [-0.2, 0) is 6.54 Å². The monoisotopic (exact) mass is 355 g/mol. The van der Waals surface area contributed by atoms with Gasteiger partial charge in [0, 0.05) is 51.2 Å². The Morgan fingerprint density at radius 1 is 1.08 bits per heavy atom. The Hall–Kier alpha value is -2.16. The van der Waals surface area contributed by atoms with Gasteiger partial charge in [0.1, 0.15) is 5.01 Å². The lowest BCUT2D eigenvalue weighted by molar-refractivity contribution is 0.198. The van der Waals surface area contributed by atoms with Gasteiger partial charge in [0.2, 0.25) is 5.13 Å². The van der Waals surface area contributed by atoms with E-state index in [1.54, 1.807) is 23.7 Å². The second kappa shape index (κ2) is 6.99. The minimum atomic E-state index is 0.350. The molecule has 1 unspecified atom stereocenters. The summed E-state index contributed by atoms with van der Waals surface area (Å²) in [5, 5.41) is 10.2. The van der Waals surface area contributed by atoms with Crippen molar-refractivity contribution in [2.75, 3.05) is 31.1 Å². The first-order valence-electron chi connectivity index (χ1n) is 8.46. The van der Waals surface area contributed by atoms with E-state index in [2.05, 4.69) is 55.1 Å². The summed E-state index contributed by atoms with van der Waals surface area (Å²) in [7, 11) is 0. The molecule has 1 atom stereocenters. The second-order valence-electron chi connectivity index (χ2n) is 6.19. The molecule has 0 aliphatic carbocycles. The van der Waals surface area contributed by atoms with Gasteiger partial charge in [-0.1, -0.05) is 17.4 Å². The summed E-state index contributed by atoms with van der Waals surface area (Å²) >= 11 is 1.59. The third-order valence-corrected chi connectivity index (χ3v) is 5.75. The number of piperazine rings is 1. The average Bonchev–Trinajstić information content (AvgIpc) is 3.16. The number of nitrogens with zero attached hydrogens (tertiary/aromatic N) is 6. The van der Waals surface area contributed by atoms with Gasteiger partial charge in [0.25, 0.3) is 0 Å². The molecule has 1 saturated heterocycles. The third kappa shape index (κ3) is 3.33. The Morgan fingerprint density at radius 3 is 2.56 bits per heavy atom. The van der Waals surface area contributed by atoms with E-state index in [0.29, 0.717) is 12.6 Å². The Morgan fingerprint density at radius 2 is 1.84 bits per heavy atom. The fourth-order valence-corrected chi connectivity index (χ4v) is 3.98. The average molecular weight is 355 g/mol. The van der Waals surface area contributed by atoms with Crippen LogP contribution in [0.5, 0.6) is 0 Å². The van der Waals surface area contributed by atoms with Crippen LogP contribution in [0.4, 0.5) is 5.13 Å². The molecule has 0 bridgehead atoms. The van der Waals surface area contributed by atoms with Crippen LogP contribution >= 0.6 is 11.3 Å². The van der Waals surface area contributed by atoms with Crippen LogP contribution in [0.2, 0.25) is 0 Å². The van der Waals surface area contributed by atoms with Gasteiger partial charge in [0.15, 0.2) is 0 Å². The van der Waals surface area contributed by atoms with E-state index in [-0.39, 0.29) is 0 Å². The number of fused-ring (bicyclic) bond motifs is 1. The summed E-state index contributed by atoms with van der Waals surface area (Å²) in [6.45, 7) is 6.62. The van der Waals surface area contributed by atoms with Gasteiger partial charge in [-0.2, -0.15) is 0 Å². The molecule has 3 heterocycles. The Bertz CT molecular complexity index is 857. The summed E-state index contributed by atoms with van der Waals surface area (Å²) in [6, 6.07) is 6.71. The van der Waals surface area contributed by atoms with E-state index in [1.165, 1.54) is 5.56 Å². The van der Waals surface area contributed by atoms with Gasteiger partial charge in [-0.3, -0.25) is 14.9 Å². The maximum atomic E-state index is 5.63. The number of hydrogen-bond acceptors (Lipinski definition) is 8. The molecule has 4 rings (SSSR count). The normalized spacial score (nSPS) is 17.1. The van der Waals surface area contributed by atoms with Gasteiger partial charge in [-0.15, -0.1) is 10.2 Å². The molecule has 0 radical (unpaired) electrons. The van der Waals surface area contributed by atoms with E-state index in [1.807, 2.05) is 0 Å². The smallest absolute Gasteiger partial charge is 0.208 e. The lowest BCUT2D eigenvalue weighted by Crippen LogP contribution is -2.47. The number of aromatic nitrogens is 4. The van der Waals surface area contributed by atoms with Gasteiger partial charge < -0.3 is 10.6 Å². The fourth-order valence-electron chi connectivity index (χ4n) is 3.21. The van der Waals surface area contributed by atoms with Crippen molar-refractivity contribution in [2.45, 2.75) is 19.5 Å². The topological polar surface area (TPSA) is 84.1 Å². The number of anilines is 1. The summed E-state index contributed by atoms with van der Waals surface area (Å²) in [5.41, 5.74) is 8.80. The highest BCUT2D eigenvalue weighted by Crippen LogP contribution is 2.26. The van der Waals surface area contributed by atoms with Crippen LogP contribution in [0, 0.1) is 0 Å². The van der Waals surface area contributed by atoms with Crippen molar-refractivity contribution >= 4 is 27.5 Å². The van der Waals surface area contributed by atoms with Crippen LogP contribution in [0.25, 0.3) is 11.0 Å². The molecule has 0 saturated carbocycles. The van der Waals surface area contributed by atoms with E-state index < -0.39 is 0 Å². The van der Waals surface area contributed by atoms with E-state index in [9.17, 15) is 0 Å². The van der Waals surface area contributed by atoms with E-state index in [4.69, 9.17) is 5.73 Å². The van der Waals surface area contributed by atoms with Crippen molar-refractivity contribution in [3.05, 3.63) is 41.2 Å². The van der Waals surface area contributed by atoms with Gasteiger partial charge in [-0.25, -0.2) is 0 Å². The molecule has 1 aliphatic rings. The van der Waals surface area contributed by atoms with Gasteiger partial charge in [0.05, 0.1) is 11.0 Å². The Balaban J connectivity index is 1.44. The van der Waals surface area contributed by atoms with E-state index >= 15 is 0 Å². The predicted octanol–water partition coefficient (Wildman–Crippen LogP) is 1.82. The second-order valence-corrected chi connectivity index (χ2v) is 7.23. The van der Waals surface area contributed by atoms with Crippen LogP contribution in [0.15, 0.2) is 30.6 Å². The summed E-state index contributed by atoms with van der Waals surface area (Å²) in [5.74, 6) is 0. The minimum Gasteiger partial charge on any atom is -0.344 e. The standard InChI is InChI=1S/C17H21N7S/c1-12(13-2-3-14-15(10-13)20-5-4-19-14)23-6-8-24(9-7-23)17-22-21-16(11-18)25-17/h2-5,10,12H,6-9,11,18H2,1H3. The van der Waals surface area contributed by atoms with Crippen LogP contribution in [0.3, 0.4) is 0 Å². The molecule has 2 N–H and O–H groups in total. The summed E-state index contributed by atoms with van der Waals surface area (Å²) < 4.78 is 0. The minimum absolute atomic E-state index is 0.350. The summed E-state index contributed by atoms with van der Waals surface area (Å²) in [4.78, 5) is 13.6. The van der Waals surface area contributed by atoms with Crippen molar-refractivity contribution in [1.82, 2.24) is 25.1 Å². The van der Waals surface area contributed by atoms with Crippen molar-refractivity contribution in [1.29, 1.82) is 0 Å². The van der Waals surface area contributed by atoms with Gasteiger partial charge in [-0.05, 0) is 24.6 Å². The molecule has 0 spiro atoms. The third-order valence-electron chi connectivity index (χ3n) is 4.74. The highest BCUT2D eigenvalue weighted by Gasteiger charge is 2.24. The molecule has 130 valence electrons. The number of nitrogens with two attached hydrogens (primary N) is 1. The quantitative estimate of drug-likeness (QED) is 0.764. The zero-order valence-corrected chi connectivity index (χ0v) is 15.0. The molecular formula is C17H21N7S. The fraction of sp³-hybridized carbons (Fsp3) is 0.412.